The van der Waals surface area contributed by atoms with Crippen LogP contribution in [0.2, 0.25) is 5.15 Å². The van der Waals surface area contributed by atoms with Gasteiger partial charge in [0.1, 0.15) is 0 Å². The second kappa shape index (κ2) is 10.8. The van der Waals surface area contributed by atoms with Crippen LogP contribution in [-0.2, 0) is 16.7 Å². The number of anilines is 2. The second-order valence-corrected chi connectivity index (χ2v) is 12.0. The van der Waals surface area contributed by atoms with Crippen LogP contribution in [-0.4, -0.2) is 59.9 Å². The van der Waals surface area contributed by atoms with Crippen molar-refractivity contribution in [3.63, 3.8) is 0 Å². The van der Waals surface area contributed by atoms with Crippen LogP contribution in [0, 0.1) is 0 Å². The second-order valence-electron chi connectivity index (χ2n) is 8.24. The molecule has 0 unspecified atom stereocenters. The quantitative estimate of drug-likeness (QED) is 0.176. The fraction of sp³-hybridized carbons (Fsp3) is 0.375. The number of aromatic nitrogens is 1. The van der Waals surface area contributed by atoms with Gasteiger partial charge in [-0.3, -0.25) is 0 Å². The maximum atomic E-state index is 11.1. The van der Waals surface area contributed by atoms with E-state index in [9.17, 15) is 13.0 Å². The molecule has 0 amide bonds. The molecule has 10 heteroatoms. The Hall–Kier alpha value is -1.87. The number of benzene rings is 2. The third-order valence-corrected chi connectivity index (χ3v) is 9.27. The van der Waals surface area contributed by atoms with Crippen LogP contribution in [0.1, 0.15) is 24.3 Å². The van der Waals surface area contributed by atoms with E-state index in [1.54, 1.807) is 0 Å². The number of fused-ring (bicyclic) bond motifs is 3. The zero-order chi connectivity index (χ0) is 24.3. The van der Waals surface area contributed by atoms with Crippen molar-refractivity contribution < 1.29 is 17.5 Å². The number of halogens is 1. The van der Waals surface area contributed by atoms with Crippen molar-refractivity contribution in [2.24, 2.45) is 0 Å². The average Bonchev–Trinajstić information content (AvgIpc) is 3.28. The first-order valence-electron chi connectivity index (χ1n) is 11.4. The van der Waals surface area contributed by atoms with Gasteiger partial charge in [-0.25, -0.2) is 0 Å². The fourth-order valence-corrected chi connectivity index (χ4v) is 7.09. The molecule has 1 aliphatic rings. The molecule has 0 saturated heterocycles. The van der Waals surface area contributed by atoms with Crippen LogP contribution in [0.3, 0.4) is 0 Å². The molecule has 0 fully saturated rings. The van der Waals surface area contributed by atoms with Gasteiger partial charge in [0.25, 0.3) is 0 Å². The number of hydrogen-bond acceptors (Lipinski definition) is 6. The van der Waals surface area contributed by atoms with Gasteiger partial charge in [-0.2, -0.15) is 0 Å². The van der Waals surface area contributed by atoms with E-state index in [0.29, 0.717) is 11.7 Å². The molecular formula is C24H29ClN4O3SSe. The third kappa shape index (κ3) is 5.51. The Bertz CT molecular complexity index is 1310. The molecule has 0 radical (unpaired) electrons. The van der Waals surface area contributed by atoms with Crippen LogP contribution >= 0.6 is 11.6 Å². The van der Waals surface area contributed by atoms with Crippen molar-refractivity contribution in [1.29, 1.82) is 0 Å². The van der Waals surface area contributed by atoms with Crippen LogP contribution < -0.4 is 19.7 Å². The molecule has 7 nitrogen and oxygen atoms in total. The topological polar surface area (TPSA) is 79.6 Å². The molecule has 0 spiro atoms. The molecule has 2 aromatic carbocycles. The number of nitrogens with one attached hydrogen (secondary N) is 1. The van der Waals surface area contributed by atoms with E-state index in [2.05, 4.69) is 71.6 Å². The first-order chi connectivity index (χ1) is 16.3. The molecule has 0 atom stereocenters. The predicted octanol–water partition coefficient (Wildman–Crippen LogP) is 3.03. The van der Waals surface area contributed by atoms with E-state index in [1.165, 1.54) is 16.5 Å². The summed E-state index contributed by atoms with van der Waals surface area (Å²) in [5.74, 6) is 0.680. The molecule has 4 rings (SSSR count). The summed E-state index contributed by atoms with van der Waals surface area (Å²) in [4.78, 5) is 6.58. The minimum atomic E-state index is -4.24. The molecule has 1 N–H and O–H groups in total. The molecule has 0 saturated carbocycles. The number of nitrogens with zero attached hydrogens (tertiary/aromatic N) is 3. The summed E-state index contributed by atoms with van der Waals surface area (Å²) in [7, 11) is -2.17. The Morgan fingerprint density at radius 1 is 1.21 bits per heavy atom. The van der Waals surface area contributed by atoms with Gasteiger partial charge < -0.3 is 0 Å². The van der Waals surface area contributed by atoms with Crippen LogP contribution in [0.25, 0.3) is 16.8 Å². The predicted molar refractivity (Wildman–Crippen MR) is 139 cm³/mol. The van der Waals surface area contributed by atoms with Gasteiger partial charge in [0.15, 0.2) is 0 Å². The van der Waals surface area contributed by atoms with E-state index in [-0.39, 0.29) is 20.9 Å². The molecule has 1 aliphatic heterocycles. The van der Waals surface area contributed by atoms with Gasteiger partial charge in [-0.15, -0.1) is 0 Å². The molecule has 182 valence electrons. The molecule has 2 heterocycles. The molecule has 1 aromatic heterocycles. The van der Waals surface area contributed by atoms with Crippen molar-refractivity contribution in [2.75, 3.05) is 42.2 Å². The Labute approximate surface area is 212 Å². The van der Waals surface area contributed by atoms with Crippen molar-refractivity contribution in [1.82, 2.24) is 5.32 Å². The average molecular weight is 568 g/mol. The zero-order valence-corrected chi connectivity index (χ0v) is 22.6. The molecule has 0 aliphatic carbocycles. The zero-order valence-electron chi connectivity index (χ0n) is 19.3. The van der Waals surface area contributed by atoms with E-state index < -0.39 is 15.9 Å². The van der Waals surface area contributed by atoms with Gasteiger partial charge in [-0.1, -0.05) is 0 Å². The first kappa shape index (κ1) is 25.2. The first-order valence-corrected chi connectivity index (χ1v) is 15.2. The summed E-state index contributed by atoms with van der Waals surface area (Å²) in [6.07, 6.45) is 3.40. The number of rotatable bonds is 10. The molecular weight excluding hydrogens is 539 g/mol. The Morgan fingerprint density at radius 2 is 2.00 bits per heavy atom. The van der Waals surface area contributed by atoms with Crippen molar-refractivity contribution in [2.45, 2.75) is 26.3 Å². The van der Waals surface area contributed by atoms with Gasteiger partial charge in [0.05, 0.1) is 0 Å². The number of hydrogen-bond donors (Lipinski definition) is 1. The van der Waals surface area contributed by atoms with Crippen molar-refractivity contribution in [3.05, 3.63) is 56.9 Å². The van der Waals surface area contributed by atoms with Gasteiger partial charge in [-0.05, 0) is 0 Å². The monoisotopic (exact) mass is 568 g/mol. The summed E-state index contributed by atoms with van der Waals surface area (Å²) in [6, 6.07) is 12.8. The fourth-order valence-electron chi connectivity index (χ4n) is 4.34. The van der Waals surface area contributed by atoms with Gasteiger partial charge >= 0.3 is 213 Å². The molecule has 0 bridgehead atoms. The van der Waals surface area contributed by atoms with Crippen molar-refractivity contribution >= 4 is 64.4 Å². The van der Waals surface area contributed by atoms with Crippen LogP contribution in [0.4, 0.5) is 11.4 Å². The summed E-state index contributed by atoms with van der Waals surface area (Å²) in [5, 5.41) is 6.43. The summed E-state index contributed by atoms with van der Waals surface area (Å²) >= 11 is 6.48. The molecule has 34 heavy (non-hydrogen) atoms. The van der Waals surface area contributed by atoms with E-state index in [4.69, 9.17) is 11.6 Å². The standard InChI is InChI=1S/C24H29ClN4O3SSe/c1-3-26-12-6-13-29-22(16-23-28(21(25)17-34-23)14-7-15-33(30,31)32)27(2)20-11-10-18-8-4-5-9-19(18)24(20)29/h4-5,8-11,16-17,26H,3,6-7,12-15H2,1-2H3. The molecule has 3 aromatic rings. The third-order valence-electron chi connectivity index (χ3n) is 5.95. The van der Waals surface area contributed by atoms with Crippen LogP contribution in [0.15, 0.2) is 47.2 Å². The van der Waals surface area contributed by atoms with Gasteiger partial charge in [0.2, 0.25) is 0 Å². The Balaban J connectivity index is 1.72. The normalized spacial score (nSPS) is 15.0. The van der Waals surface area contributed by atoms with E-state index >= 15 is 0 Å². The van der Waals surface area contributed by atoms with Gasteiger partial charge in [0, 0.05) is 0 Å². The summed E-state index contributed by atoms with van der Waals surface area (Å²) in [6.45, 7) is 5.26. The summed E-state index contributed by atoms with van der Waals surface area (Å²) < 4.78 is 36.2. The van der Waals surface area contributed by atoms with E-state index in [1.807, 2.05) is 9.51 Å². The minimum absolute atomic E-state index is 0.0214. The van der Waals surface area contributed by atoms with Crippen molar-refractivity contribution in [3.8, 4) is 0 Å². The van der Waals surface area contributed by atoms with Crippen LogP contribution in [0.5, 0.6) is 0 Å². The maximum absolute atomic E-state index is 11.1. The SMILES string of the molecule is CCNCCCN1C(=Cc2[se]cc(Cl)[n+]2CCCS(=O)(=O)[O-])N(C)c2ccc3ccccc3c21. The van der Waals surface area contributed by atoms with E-state index in [0.717, 1.165) is 42.1 Å². The Kier molecular flexibility index (Phi) is 8.02. The summed E-state index contributed by atoms with van der Waals surface area (Å²) in [5.41, 5.74) is 2.36. The Morgan fingerprint density at radius 3 is 2.76 bits per heavy atom.